The summed E-state index contributed by atoms with van der Waals surface area (Å²) in [5, 5.41) is 41.3. The number of phenols is 4. The summed E-state index contributed by atoms with van der Waals surface area (Å²) in [4.78, 5) is 9.18. The van der Waals surface area contributed by atoms with Gasteiger partial charge in [-0.15, -0.1) is 0 Å². The zero-order valence-corrected chi connectivity index (χ0v) is 39.0. The summed E-state index contributed by atoms with van der Waals surface area (Å²) in [7, 11) is 0. The van der Waals surface area contributed by atoms with Crippen LogP contribution in [0.5, 0.6) is 23.0 Å². The summed E-state index contributed by atoms with van der Waals surface area (Å²) in [5.74, 6) is 1.40. The molecule has 0 aromatic heterocycles. The van der Waals surface area contributed by atoms with Crippen molar-refractivity contribution in [3.8, 4) is 23.0 Å². The number of aromatic hydroxyl groups is 4. The molecule has 8 heteroatoms. The lowest BCUT2D eigenvalue weighted by Crippen LogP contribution is -2.22. The third kappa shape index (κ3) is 13.7. The fourth-order valence-electron chi connectivity index (χ4n) is 7.40. The lowest BCUT2D eigenvalue weighted by molar-refractivity contribution is 0.291. The number of phenolic OH excluding ortho intramolecular Hbond substituents is 4. The second kappa shape index (κ2) is 24.6. The van der Waals surface area contributed by atoms with Gasteiger partial charge < -0.3 is 20.4 Å². The van der Waals surface area contributed by atoms with E-state index in [4.69, 9.17) is 0 Å². The molecule has 4 aromatic carbocycles. The molecule has 4 aromatic rings. The van der Waals surface area contributed by atoms with Crippen molar-refractivity contribution in [2.45, 2.75) is 109 Å². The quantitative estimate of drug-likeness (QED) is 0.0655. The number of benzene rings is 4. The van der Waals surface area contributed by atoms with Crippen molar-refractivity contribution in [2.24, 2.45) is 0 Å². The van der Waals surface area contributed by atoms with Crippen LogP contribution < -0.4 is 0 Å². The SMILES string of the molecule is CCN(CC)Cc1cc(/C(C)=C(/C)c2ccc(O)c(CN(CC)CC)c2)ccc1O.CCN(CC)Cc1cc(/C(C)=C(\C)c2ccc(O)c(CN(CC)CC)c2)ccc1O. The smallest absolute Gasteiger partial charge is 0.120 e. The van der Waals surface area contributed by atoms with Crippen LogP contribution in [0.3, 0.4) is 0 Å². The Kier molecular flexibility index (Phi) is 20.4. The molecule has 60 heavy (non-hydrogen) atoms. The Balaban J connectivity index is 0.000000320. The predicted octanol–water partition coefficient (Wildman–Crippen LogP) is 11.5. The first-order chi connectivity index (χ1) is 28.7. The zero-order valence-electron chi connectivity index (χ0n) is 39.0. The topological polar surface area (TPSA) is 93.9 Å². The molecular weight excluding hydrogens is 745 g/mol. The van der Waals surface area contributed by atoms with Crippen molar-refractivity contribution in [2.75, 3.05) is 52.4 Å². The van der Waals surface area contributed by atoms with Gasteiger partial charge in [0.25, 0.3) is 0 Å². The van der Waals surface area contributed by atoms with Gasteiger partial charge in [0.15, 0.2) is 0 Å². The Morgan fingerprint density at radius 2 is 0.483 bits per heavy atom. The normalized spacial score (nSPS) is 12.5. The Labute approximate surface area is 363 Å². The molecule has 0 radical (unpaired) electrons. The standard InChI is InChI=1S/2C26H38N2O2/c2*1-7-27(8-2)17-23-15-21(11-13-25(23)29)19(5)20(6)22-12-14-26(30)24(16-22)18-28(9-3)10-4/h2*11-16,29-30H,7-10,17-18H2,1-6H3/b20-19+;20-19-. The molecule has 0 unspecified atom stereocenters. The maximum absolute atomic E-state index is 10.3. The monoisotopic (exact) mass is 821 g/mol. The molecule has 0 spiro atoms. The molecular formula is C52H76N4O4. The minimum Gasteiger partial charge on any atom is -0.508 e. The molecule has 0 atom stereocenters. The van der Waals surface area contributed by atoms with Crippen LogP contribution in [0.25, 0.3) is 22.3 Å². The number of hydrogen-bond donors (Lipinski definition) is 4. The van der Waals surface area contributed by atoms with Gasteiger partial charge in [-0.2, -0.15) is 0 Å². The Hall–Kier alpha value is -4.60. The molecule has 0 aliphatic carbocycles. The van der Waals surface area contributed by atoms with Crippen LogP contribution in [-0.4, -0.2) is 92.4 Å². The van der Waals surface area contributed by atoms with E-state index in [1.807, 2.05) is 24.3 Å². The average Bonchev–Trinajstić information content (AvgIpc) is 3.27. The first kappa shape index (κ1) is 49.8. The van der Waals surface area contributed by atoms with E-state index in [-0.39, 0.29) is 0 Å². The van der Waals surface area contributed by atoms with E-state index < -0.39 is 0 Å². The molecule has 0 heterocycles. The number of rotatable bonds is 20. The average molecular weight is 821 g/mol. The molecule has 8 nitrogen and oxygen atoms in total. The molecule has 0 bridgehead atoms. The van der Waals surface area contributed by atoms with Crippen LogP contribution in [0.2, 0.25) is 0 Å². The maximum Gasteiger partial charge on any atom is 0.120 e. The van der Waals surface area contributed by atoms with E-state index in [0.29, 0.717) is 23.0 Å². The van der Waals surface area contributed by atoms with Crippen molar-refractivity contribution in [3.63, 3.8) is 0 Å². The first-order valence-electron chi connectivity index (χ1n) is 22.2. The van der Waals surface area contributed by atoms with Crippen molar-refractivity contribution in [1.29, 1.82) is 0 Å². The molecule has 4 N–H and O–H groups in total. The van der Waals surface area contributed by atoms with Crippen LogP contribution >= 0.6 is 0 Å². The van der Waals surface area contributed by atoms with Gasteiger partial charge in [-0.05, 0) is 173 Å². The summed E-state index contributed by atoms with van der Waals surface area (Å²) in [5.41, 5.74) is 13.0. The molecule has 0 aliphatic rings. The molecule has 0 saturated heterocycles. The van der Waals surface area contributed by atoms with E-state index in [1.165, 1.54) is 22.3 Å². The summed E-state index contributed by atoms with van der Waals surface area (Å²) in [6, 6.07) is 23.5. The highest BCUT2D eigenvalue weighted by Crippen LogP contribution is 2.33. The van der Waals surface area contributed by atoms with Gasteiger partial charge in [0.2, 0.25) is 0 Å². The third-order valence-electron chi connectivity index (χ3n) is 12.3. The van der Waals surface area contributed by atoms with E-state index in [2.05, 4.69) is 127 Å². The fourth-order valence-corrected chi connectivity index (χ4v) is 7.40. The van der Waals surface area contributed by atoms with E-state index in [9.17, 15) is 20.4 Å². The third-order valence-corrected chi connectivity index (χ3v) is 12.3. The predicted molar refractivity (Wildman–Crippen MR) is 255 cm³/mol. The fraction of sp³-hybridized carbons (Fsp3) is 0.462. The highest BCUT2D eigenvalue weighted by Gasteiger charge is 2.15. The molecule has 0 amide bonds. The van der Waals surface area contributed by atoms with Crippen LogP contribution in [0.4, 0.5) is 0 Å². The van der Waals surface area contributed by atoms with Crippen LogP contribution in [-0.2, 0) is 26.2 Å². The summed E-state index contributed by atoms with van der Waals surface area (Å²) in [6.07, 6.45) is 0. The number of allylic oxidation sites excluding steroid dienone is 4. The zero-order chi connectivity index (χ0) is 44.5. The van der Waals surface area contributed by atoms with E-state index in [1.54, 1.807) is 24.3 Å². The summed E-state index contributed by atoms with van der Waals surface area (Å²) >= 11 is 0. The maximum atomic E-state index is 10.3. The highest BCUT2D eigenvalue weighted by molar-refractivity contribution is 5.90. The van der Waals surface area contributed by atoms with Crippen molar-refractivity contribution in [1.82, 2.24) is 19.6 Å². The lowest BCUT2D eigenvalue weighted by atomic mass is 9.94. The van der Waals surface area contributed by atoms with Crippen molar-refractivity contribution < 1.29 is 20.4 Å². The molecule has 4 rings (SSSR count). The number of nitrogens with zero attached hydrogens (tertiary/aromatic N) is 4. The molecule has 0 aliphatic heterocycles. The minimum atomic E-state index is 0.349. The second-order valence-corrected chi connectivity index (χ2v) is 15.7. The van der Waals surface area contributed by atoms with Gasteiger partial charge in [0.1, 0.15) is 23.0 Å². The van der Waals surface area contributed by atoms with Gasteiger partial charge in [0.05, 0.1) is 0 Å². The van der Waals surface area contributed by atoms with E-state index >= 15 is 0 Å². The van der Waals surface area contributed by atoms with Crippen LogP contribution in [0.15, 0.2) is 72.8 Å². The van der Waals surface area contributed by atoms with Gasteiger partial charge >= 0.3 is 0 Å². The minimum absolute atomic E-state index is 0.349. The number of hydrogen-bond acceptors (Lipinski definition) is 8. The molecule has 0 saturated carbocycles. The Bertz CT molecular complexity index is 1730. The largest absolute Gasteiger partial charge is 0.508 e. The van der Waals surface area contributed by atoms with Gasteiger partial charge in [-0.1, -0.05) is 79.7 Å². The Morgan fingerprint density at radius 3 is 0.633 bits per heavy atom. The lowest BCUT2D eigenvalue weighted by Gasteiger charge is -2.20. The van der Waals surface area contributed by atoms with Crippen molar-refractivity contribution in [3.05, 3.63) is 117 Å². The van der Waals surface area contributed by atoms with Crippen LogP contribution in [0, 0.1) is 0 Å². The highest BCUT2D eigenvalue weighted by atomic mass is 16.3. The van der Waals surface area contributed by atoms with Gasteiger partial charge in [-0.3, -0.25) is 19.6 Å². The van der Waals surface area contributed by atoms with Crippen molar-refractivity contribution >= 4 is 22.3 Å². The summed E-state index contributed by atoms with van der Waals surface area (Å²) in [6.45, 7) is 36.2. The first-order valence-corrected chi connectivity index (χ1v) is 22.2. The molecule has 328 valence electrons. The van der Waals surface area contributed by atoms with Crippen LogP contribution in [0.1, 0.15) is 128 Å². The van der Waals surface area contributed by atoms with E-state index in [0.717, 1.165) is 123 Å². The second-order valence-electron chi connectivity index (χ2n) is 15.7. The van der Waals surface area contributed by atoms with Gasteiger partial charge in [-0.25, -0.2) is 0 Å². The summed E-state index contributed by atoms with van der Waals surface area (Å²) < 4.78 is 0. The molecule has 0 fully saturated rings. The Morgan fingerprint density at radius 1 is 0.317 bits per heavy atom. The van der Waals surface area contributed by atoms with Gasteiger partial charge in [0, 0.05) is 48.4 Å².